The Bertz CT molecular complexity index is 470. The number of hydrogen-bond donors (Lipinski definition) is 3. The lowest BCUT2D eigenvalue weighted by Gasteiger charge is -2.29. The number of piperidine rings is 1. The third-order valence-corrected chi connectivity index (χ3v) is 3.60. The first-order valence-electron chi connectivity index (χ1n) is 7.11. The van der Waals surface area contributed by atoms with Crippen molar-refractivity contribution in [3.63, 3.8) is 0 Å². The number of nitrogens with zero attached hydrogens (tertiary/aromatic N) is 1. The minimum atomic E-state index is -0.277. The predicted octanol–water partition coefficient (Wildman–Crippen LogP) is 1.70. The van der Waals surface area contributed by atoms with Gasteiger partial charge in [-0.2, -0.15) is 0 Å². The summed E-state index contributed by atoms with van der Waals surface area (Å²) in [5.41, 5.74) is 0.353. The van der Waals surface area contributed by atoms with Crippen LogP contribution in [0, 0.1) is 0 Å². The van der Waals surface area contributed by atoms with E-state index in [1.807, 2.05) is 6.92 Å². The number of amides is 1. The fourth-order valence-electron chi connectivity index (χ4n) is 2.55. The van der Waals surface area contributed by atoms with Gasteiger partial charge in [0.15, 0.2) is 11.5 Å². The first-order chi connectivity index (χ1) is 9.56. The maximum absolute atomic E-state index is 12.0. The summed E-state index contributed by atoms with van der Waals surface area (Å²) in [6.07, 6.45) is 3.75. The zero-order valence-electron chi connectivity index (χ0n) is 11.8. The van der Waals surface area contributed by atoms with E-state index in [0.717, 1.165) is 19.6 Å². The van der Waals surface area contributed by atoms with Gasteiger partial charge in [-0.3, -0.25) is 4.79 Å². The second-order valence-electron chi connectivity index (χ2n) is 5.44. The van der Waals surface area contributed by atoms with Crippen LogP contribution in [0.5, 0.6) is 11.5 Å². The van der Waals surface area contributed by atoms with E-state index in [1.54, 1.807) is 0 Å². The van der Waals surface area contributed by atoms with E-state index in [0.29, 0.717) is 5.56 Å². The van der Waals surface area contributed by atoms with Crippen LogP contribution in [0.3, 0.4) is 0 Å². The lowest BCUT2D eigenvalue weighted by molar-refractivity contribution is 0.0925. The molecule has 1 fully saturated rings. The van der Waals surface area contributed by atoms with E-state index in [9.17, 15) is 15.0 Å². The molecular weight excluding hydrogens is 256 g/mol. The Labute approximate surface area is 119 Å². The number of aromatic hydroxyl groups is 2. The van der Waals surface area contributed by atoms with Crippen LogP contribution in [-0.4, -0.2) is 46.7 Å². The average Bonchev–Trinajstić information content (AvgIpc) is 2.42. The van der Waals surface area contributed by atoms with E-state index in [4.69, 9.17) is 0 Å². The molecule has 20 heavy (non-hydrogen) atoms. The van der Waals surface area contributed by atoms with Gasteiger partial charge in [-0.05, 0) is 51.1 Å². The number of hydrogen-bond acceptors (Lipinski definition) is 4. The van der Waals surface area contributed by atoms with E-state index in [1.165, 1.54) is 37.5 Å². The fraction of sp³-hybridized carbons (Fsp3) is 0.533. The Hall–Kier alpha value is -1.75. The number of carbonyl (C=O) groups is 1. The highest BCUT2D eigenvalue weighted by atomic mass is 16.3. The first kappa shape index (κ1) is 14.7. The maximum Gasteiger partial charge on any atom is 0.251 e. The SMILES string of the molecule is CC(CN1CCCCC1)NC(=O)c1ccc(O)c(O)c1. The molecule has 1 unspecified atom stereocenters. The summed E-state index contributed by atoms with van der Waals surface area (Å²) in [5, 5.41) is 21.6. The minimum Gasteiger partial charge on any atom is -0.504 e. The molecule has 1 heterocycles. The van der Waals surface area contributed by atoms with Crippen molar-refractivity contribution < 1.29 is 15.0 Å². The van der Waals surface area contributed by atoms with Crippen molar-refractivity contribution in [2.45, 2.75) is 32.2 Å². The standard InChI is InChI=1S/C15H22N2O3/c1-11(10-17-7-3-2-4-8-17)16-15(20)12-5-6-13(18)14(19)9-12/h5-6,9,11,18-19H,2-4,7-8,10H2,1H3,(H,16,20). The number of nitrogens with one attached hydrogen (secondary N) is 1. The molecule has 2 rings (SSSR count). The Morgan fingerprint density at radius 1 is 1.25 bits per heavy atom. The Kier molecular flexibility index (Phi) is 4.84. The third kappa shape index (κ3) is 3.87. The largest absolute Gasteiger partial charge is 0.504 e. The molecule has 1 atom stereocenters. The van der Waals surface area contributed by atoms with Gasteiger partial charge in [0.05, 0.1) is 0 Å². The van der Waals surface area contributed by atoms with Crippen molar-refractivity contribution in [2.75, 3.05) is 19.6 Å². The summed E-state index contributed by atoms with van der Waals surface area (Å²) in [6, 6.07) is 4.15. The van der Waals surface area contributed by atoms with Gasteiger partial charge in [0, 0.05) is 18.2 Å². The molecule has 5 heteroatoms. The smallest absolute Gasteiger partial charge is 0.251 e. The summed E-state index contributed by atoms with van der Waals surface area (Å²) in [7, 11) is 0. The van der Waals surface area contributed by atoms with E-state index in [2.05, 4.69) is 10.2 Å². The van der Waals surface area contributed by atoms with Crippen molar-refractivity contribution in [3.8, 4) is 11.5 Å². The van der Waals surface area contributed by atoms with Crippen molar-refractivity contribution in [1.82, 2.24) is 10.2 Å². The summed E-state index contributed by atoms with van der Waals surface area (Å²) < 4.78 is 0. The van der Waals surface area contributed by atoms with Crippen LogP contribution in [-0.2, 0) is 0 Å². The molecule has 1 amide bonds. The van der Waals surface area contributed by atoms with Gasteiger partial charge < -0.3 is 20.4 Å². The van der Waals surface area contributed by atoms with Crippen molar-refractivity contribution >= 4 is 5.91 Å². The van der Waals surface area contributed by atoms with Crippen molar-refractivity contribution in [2.24, 2.45) is 0 Å². The second kappa shape index (κ2) is 6.61. The average molecular weight is 278 g/mol. The molecule has 1 saturated heterocycles. The summed E-state index contributed by atoms with van der Waals surface area (Å²) in [5.74, 6) is -0.728. The highest BCUT2D eigenvalue weighted by molar-refractivity contribution is 5.95. The highest BCUT2D eigenvalue weighted by Gasteiger charge is 2.16. The maximum atomic E-state index is 12.0. The van der Waals surface area contributed by atoms with E-state index < -0.39 is 0 Å². The van der Waals surface area contributed by atoms with E-state index >= 15 is 0 Å². The molecule has 110 valence electrons. The molecule has 3 N–H and O–H groups in total. The molecule has 5 nitrogen and oxygen atoms in total. The zero-order chi connectivity index (χ0) is 14.5. The second-order valence-corrected chi connectivity index (χ2v) is 5.44. The Morgan fingerprint density at radius 3 is 2.60 bits per heavy atom. The quantitative estimate of drug-likeness (QED) is 0.733. The van der Waals surface area contributed by atoms with Crippen LogP contribution in [0.25, 0.3) is 0 Å². The molecule has 0 aliphatic carbocycles. The van der Waals surface area contributed by atoms with Gasteiger partial charge in [0.25, 0.3) is 5.91 Å². The van der Waals surface area contributed by atoms with Crippen LogP contribution < -0.4 is 5.32 Å². The topological polar surface area (TPSA) is 72.8 Å². The Balaban J connectivity index is 1.87. The lowest BCUT2D eigenvalue weighted by atomic mass is 10.1. The number of rotatable bonds is 4. The van der Waals surface area contributed by atoms with Gasteiger partial charge in [-0.1, -0.05) is 6.42 Å². The van der Waals surface area contributed by atoms with Gasteiger partial charge in [-0.15, -0.1) is 0 Å². The molecule has 0 bridgehead atoms. The lowest BCUT2D eigenvalue weighted by Crippen LogP contribution is -2.43. The van der Waals surface area contributed by atoms with Crippen molar-refractivity contribution in [3.05, 3.63) is 23.8 Å². The summed E-state index contributed by atoms with van der Waals surface area (Å²) >= 11 is 0. The molecule has 1 aromatic carbocycles. The Morgan fingerprint density at radius 2 is 1.95 bits per heavy atom. The zero-order valence-corrected chi connectivity index (χ0v) is 11.8. The third-order valence-electron chi connectivity index (χ3n) is 3.60. The predicted molar refractivity (Wildman–Crippen MR) is 77.0 cm³/mol. The van der Waals surface area contributed by atoms with Crippen LogP contribution in [0.2, 0.25) is 0 Å². The molecule has 0 saturated carbocycles. The first-order valence-corrected chi connectivity index (χ1v) is 7.11. The summed E-state index contributed by atoms with van der Waals surface area (Å²) in [4.78, 5) is 14.4. The van der Waals surface area contributed by atoms with Crippen LogP contribution >= 0.6 is 0 Å². The molecule has 0 radical (unpaired) electrons. The fourth-order valence-corrected chi connectivity index (χ4v) is 2.55. The molecule has 0 spiro atoms. The summed E-state index contributed by atoms with van der Waals surface area (Å²) in [6.45, 7) is 5.02. The van der Waals surface area contributed by atoms with Crippen LogP contribution in [0.15, 0.2) is 18.2 Å². The number of benzene rings is 1. The van der Waals surface area contributed by atoms with Crippen molar-refractivity contribution in [1.29, 1.82) is 0 Å². The molecular formula is C15H22N2O3. The number of carbonyl (C=O) groups excluding carboxylic acids is 1. The normalized spacial score (nSPS) is 17.6. The monoisotopic (exact) mass is 278 g/mol. The minimum absolute atomic E-state index is 0.0524. The number of likely N-dealkylation sites (tertiary alicyclic amines) is 1. The van der Waals surface area contributed by atoms with E-state index in [-0.39, 0.29) is 23.4 Å². The van der Waals surface area contributed by atoms with Gasteiger partial charge in [0.1, 0.15) is 0 Å². The molecule has 1 aliphatic rings. The number of phenolic OH excluding ortho intramolecular Hbond substituents is 2. The van der Waals surface area contributed by atoms with Crippen LogP contribution in [0.1, 0.15) is 36.5 Å². The van der Waals surface area contributed by atoms with Gasteiger partial charge in [-0.25, -0.2) is 0 Å². The van der Waals surface area contributed by atoms with Gasteiger partial charge in [0.2, 0.25) is 0 Å². The van der Waals surface area contributed by atoms with Gasteiger partial charge >= 0.3 is 0 Å². The van der Waals surface area contributed by atoms with Crippen LogP contribution in [0.4, 0.5) is 0 Å². The number of phenols is 2. The molecule has 0 aromatic heterocycles. The molecule has 1 aromatic rings. The highest BCUT2D eigenvalue weighted by Crippen LogP contribution is 2.24. The molecule has 1 aliphatic heterocycles.